The predicted octanol–water partition coefficient (Wildman–Crippen LogP) is 4.90. The van der Waals surface area contributed by atoms with Gasteiger partial charge in [0, 0.05) is 59.4 Å². The Labute approximate surface area is 177 Å². The van der Waals surface area contributed by atoms with Crippen LogP contribution in [0.15, 0.2) is 48.5 Å². The highest BCUT2D eigenvalue weighted by Crippen LogP contribution is 2.31. The number of hydrogen-bond donors (Lipinski definition) is 1. The first kappa shape index (κ1) is 21.1. The number of rotatable bonds is 6. The molecule has 3 rings (SSSR count). The zero-order chi connectivity index (χ0) is 20.1. The monoisotopic (exact) mass is 419 g/mol. The molecule has 0 radical (unpaired) electrons. The maximum Gasteiger partial charge on any atom is 0.226 e. The fourth-order valence-electron chi connectivity index (χ4n) is 3.91. The van der Waals surface area contributed by atoms with Crippen LogP contribution >= 0.6 is 23.2 Å². The molecule has 0 saturated carbocycles. The molecule has 0 spiro atoms. The van der Waals surface area contributed by atoms with Crippen LogP contribution in [-0.4, -0.2) is 36.5 Å². The number of benzene rings is 2. The largest absolute Gasteiger partial charge is 0.323 e. The molecule has 0 aromatic heterocycles. The van der Waals surface area contributed by atoms with Crippen LogP contribution in [0.2, 0.25) is 10.0 Å². The molecule has 1 aliphatic rings. The second-order valence-electron chi connectivity index (χ2n) is 7.23. The lowest BCUT2D eigenvalue weighted by atomic mass is 10.00. The molecule has 0 aliphatic carbocycles. The summed E-state index contributed by atoms with van der Waals surface area (Å²) in [6.45, 7) is 4.39. The van der Waals surface area contributed by atoms with Gasteiger partial charge in [-0.2, -0.15) is 0 Å². The normalized spacial score (nSPS) is 16.7. The molecule has 1 unspecified atom stereocenters. The van der Waals surface area contributed by atoms with Crippen molar-refractivity contribution in [2.24, 2.45) is 5.73 Å². The molecule has 1 fully saturated rings. The van der Waals surface area contributed by atoms with Crippen LogP contribution in [0.3, 0.4) is 0 Å². The summed E-state index contributed by atoms with van der Waals surface area (Å²) in [6, 6.07) is 15.4. The standard InChI is InChI=1S/C22H27Cl2N3O/c1-2-21(28)27(16-7-4-3-5-8-16)17-11-13-26(14-12-17)15-20(25)22-18(23)9-6-10-19(22)24/h3-10,17,20H,2,11-15,25H2,1H3. The van der Waals surface area contributed by atoms with Gasteiger partial charge in [0.1, 0.15) is 0 Å². The van der Waals surface area contributed by atoms with Gasteiger partial charge in [-0.1, -0.05) is 54.4 Å². The lowest BCUT2D eigenvalue weighted by molar-refractivity contribution is -0.119. The van der Waals surface area contributed by atoms with Crippen LogP contribution in [0.4, 0.5) is 5.69 Å². The van der Waals surface area contributed by atoms with Crippen molar-refractivity contribution in [3.8, 4) is 0 Å². The van der Waals surface area contributed by atoms with Gasteiger partial charge < -0.3 is 15.5 Å². The number of halogens is 2. The van der Waals surface area contributed by atoms with Gasteiger partial charge in [-0.15, -0.1) is 0 Å². The number of carbonyl (C=O) groups is 1. The third-order valence-electron chi connectivity index (χ3n) is 5.35. The summed E-state index contributed by atoms with van der Waals surface area (Å²) in [5, 5.41) is 1.22. The average molecular weight is 420 g/mol. The fourth-order valence-corrected chi connectivity index (χ4v) is 4.59. The molecular weight excluding hydrogens is 393 g/mol. The van der Waals surface area contributed by atoms with Crippen LogP contribution in [0.25, 0.3) is 0 Å². The van der Waals surface area contributed by atoms with Gasteiger partial charge in [-0.25, -0.2) is 0 Å². The van der Waals surface area contributed by atoms with Crippen molar-refractivity contribution in [3.05, 3.63) is 64.1 Å². The van der Waals surface area contributed by atoms with E-state index in [1.54, 1.807) is 0 Å². The van der Waals surface area contributed by atoms with Gasteiger partial charge in [0.05, 0.1) is 0 Å². The summed E-state index contributed by atoms with van der Waals surface area (Å²) < 4.78 is 0. The first-order valence-electron chi connectivity index (χ1n) is 9.80. The minimum Gasteiger partial charge on any atom is -0.323 e. The van der Waals surface area contributed by atoms with Gasteiger partial charge >= 0.3 is 0 Å². The smallest absolute Gasteiger partial charge is 0.226 e. The van der Waals surface area contributed by atoms with Crippen LogP contribution in [0.5, 0.6) is 0 Å². The van der Waals surface area contributed by atoms with Gasteiger partial charge in [0.15, 0.2) is 0 Å². The van der Waals surface area contributed by atoms with E-state index in [2.05, 4.69) is 4.90 Å². The Morgan fingerprint density at radius 2 is 1.71 bits per heavy atom. The molecule has 2 aromatic rings. The third kappa shape index (κ3) is 4.87. The molecule has 150 valence electrons. The van der Waals surface area contributed by atoms with Crippen molar-refractivity contribution in [2.45, 2.75) is 38.3 Å². The van der Waals surface area contributed by atoms with E-state index in [0.717, 1.165) is 37.2 Å². The maximum absolute atomic E-state index is 12.6. The van der Waals surface area contributed by atoms with Crippen molar-refractivity contribution in [3.63, 3.8) is 0 Å². The third-order valence-corrected chi connectivity index (χ3v) is 6.01. The maximum atomic E-state index is 12.6. The lowest BCUT2D eigenvalue weighted by Crippen LogP contribution is -2.48. The molecular formula is C22H27Cl2N3O. The van der Waals surface area contributed by atoms with Crippen molar-refractivity contribution in [2.75, 3.05) is 24.5 Å². The fraction of sp³-hybridized carbons (Fsp3) is 0.409. The summed E-state index contributed by atoms with van der Waals surface area (Å²) in [5.74, 6) is 0.171. The van der Waals surface area contributed by atoms with E-state index in [0.29, 0.717) is 23.0 Å². The molecule has 2 aromatic carbocycles. The molecule has 1 aliphatic heterocycles. The first-order valence-corrected chi connectivity index (χ1v) is 10.6. The van der Waals surface area contributed by atoms with Crippen LogP contribution in [0.1, 0.15) is 37.8 Å². The van der Waals surface area contributed by atoms with Crippen LogP contribution in [-0.2, 0) is 4.79 Å². The zero-order valence-electron chi connectivity index (χ0n) is 16.2. The van der Waals surface area contributed by atoms with Crippen LogP contribution < -0.4 is 10.6 Å². The molecule has 0 bridgehead atoms. The summed E-state index contributed by atoms with van der Waals surface area (Å²) in [6.07, 6.45) is 2.35. The Kier molecular flexibility index (Phi) is 7.36. The Morgan fingerprint density at radius 1 is 1.11 bits per heavy atom. The molecule has 1 heterocycles. The molecule has 1 saturated heterocycles. The Morgan fingerprint density at radius 3 is 2.29 bits per heavy atom. The van der Waals surface area contributed by atoms with Crippen molar-refractivity contribution in [1.29, 1.82) is 0 Å². The lowest BCUT2D eigenvalue weighted by Gasteiger charge is -2.39. The molecule has 28 heavy (non-hydrogen) atoms. The van der Waals surface area contributed by atoms with E-state index in [9.17, 15) is 4.79 Å². The highest BCUT2D eigenvalue weighted by molar-refractivity contribution is 6.36. The number of hydrogen-bond acceptors (Lipinski definition) is 3. The van der Waals surface area contributed by atoms with E-state index in [4.69, 9.17) is 28.9 Å². The van der Waals surface area contributed by atoms with E-state index in [1.165, 1.54) is 0 Å². The van der Waals surface area contributed by atoms with Gasteiger partial charge in [-0.3, -0.25) is 4.79 Å². The minimum atomic E-state index is -0.236. The number of carbonyl (C=O) groups excluding carboxylic acids is 1. The molecule has 4 nitrogen and oxygen atoms in total. The summed E-state index contributed by atoms with van der Waals surface area (Å²) >= 11 is 12.6. The Hall–Kier alpha value is -1.59. The number of amides is 1. The van der Waals surface area contributed by atoms with E-state index >= 15 is 0 Å². The van der Waals surface area contributed by atoms with Crippen molar-refractivity contribution < 1.29 is 4.79 Å². The van der Waals surface area contributed by atoms with Crippen molar-refractivity contribution in [1.82, 2.24) is 4.90 Å². The van der Waals surface area contributed by atoms with Gasteiger partial charge in [0.2, 0.25) is 5.91 Å². The number of nitrogens with zero attached hydrogens (tertiary/aromatic N) is 2. The number of anilines is 1. The van der Waals surface area contributed by atoms with Gasteiger partial charge in [0.25, 0.3) is 0 Å². The molecule has 1 atom stereocenters. The highest BCUT2D eigenvalue weighted by Gasteiger charge is 2.29. The average Bonchev–Trinajstić information content (AvgIpc) is 2.70. The summed E-state index contributed by atoms with van der Waals surface area (Å²) in [5.41, 5.74) is 8.19. The minimum absolute atomic E-state index is 0.171. The number of nitrogens with two attached hydrogens (primary N) is 1. The van der Waals surface area contributed by atoms with Crippen LogP contribution in [0, 0.1) is 0 Å². The summed E-state index contributed by atoms with van der Waals surface area (Å²) in [7, 11) is 0. The summed E-state index contributed by atoms with van der Waals surface area (Å²) in [4.78, 5) is 16.9. The predicted molar refractivity (Wildman–Crippen MR) is 117 cm³/mol. The number of likely N-dealkylation sites (tertiary alicyclic amines) is 1. The number of piperidine rings is 1. The quantitative estimate of drug-likeness (QED) is 0.723. The van der Waals surface area contributed by atoms with E-state index in [-0.39, 0.29) is 18.0 Å². The first-order chi connectivity index (χ1) is 13.5. The number of para-hydroxylation sites is 1. The zero-order valence-corrected chi connectivity index (χ0v) is 17.7. The van der Waals surface area contributed by atoms with E-state index in [1.807, 2.05) is 60.4 Å². The topological polar surface area (TPSA) is 49.6 Å². The molecule has 1 amide bonds. The SMILES string of the molecule is CCC(=O)N(c1ccccc1)C1CCN(CC(N)c2c(Cl)cccc2Cl)CC1. The highest BCUT2D eigenvalue weighted by atomic mass is 35.5. The van der Waals surface area contributed by atoms with E-state index < -0.39 is 0 Å². The molecule has 2 N–H and O–H groups in total. The second-order valence-corrected chi connectivity index (χ2v) is 8.04. The Balaban J connectivity index is 1.64. The van der Waals surface area contributed by atoms with Crippen molar-refractivity contribution >= 4 is 34.8 Å². The van der Waals surface area contributed by atoms with Gasteiger partial charge in [-0.05, 0) is 37.1 Å². The Bertz CT molecular complexity index is 771. The second kappa shape index (κ2) is 9.75. The molecule has 6 heteroatoms.